The van der Waals surface area contributed by atoms with Crippen molar-refractivity contribution in [3.63, 3.8) is 0 Å². The molecule has 1 saturated heterocycles. The molecule has 4 rings (SSSR count). The molecule has 0 saturated carbocycles. The molecule has 7 heteroatoms. The number of ether oxygens (including phenoxy) is 1. The first kappa shape index (κ1) is 19.4. The summed E-state index contributed by atoms with van der Waals surface area (Å²) in [4.78, 5) is 31.5. The Morgan fingerprint density at radius 1 is 1.28 bits per heavy atom. The Bertz CT molecular complexity index is 894. The zero-order valence-corrected chi connectivity index (χ0v) is 16.4. The second-order valence-electron chi connectivity index (χ2n) is 7.60. The summed E-state index contributed by atoms with van der Waals surface area (Å²) < 4.78 is 5.58. The van der Waals surface area contributed by atoms with Crippen LogP contribution in [-0.2, 0) is 29.0 Å². The van der Waals surface area contributed by atoms with E-state index in [1.807, 2.05) is 35.2 Å². The van der Waals surface area contributed by atoms with Crippen LogP contribution in [0.5, 0.6) is 0 Å². The molecule has 2 aromatic rings. The fraction of sp³-hybridized carbons (Fsp3) is 0.409. The van der Waals surface area contributed by atoms with Gasteiger partial charge in [0.15, 0.2) is 0 Å². The summed E-state index contributed by atoms with van der Waals surface area (Å²) in [6.07, 6.45) is 3.06. The Morgan fingerprint density at radius 2 is 2.10 bits per heavy atom. The lowest BCUT2D eigenvalue weighted by atomic mass is 10.0. The number of benzene rings is 1. The van der Waals surface area contributed by atoms with E-state index in [1.165, 1.54) is 0 Å². The summed E-state index contributed by atoms with van der Waals surface area (Å²) in [7, 11) is 0. The molecule has 2 amide bonds. The van der Waals surface area contributed by atoms with Gasteiger partial charge in [-0.1, -0.05) is 30.3 Å². The Kier molecular flexibility index (Phi) is 5.76. The third-order valence-electron chi connectivity index (χ3n) is 5.52. The molecule has 0 unspecified atom stereocenters. The van der Waals surface area contributed by atoms with E-state index in [9.17, 15) is 9.59 Å². The van der Waals surface area contributed by atoms with Gasteiger partial charge in [-0.25, -0.2) is 4.98 Å². The smallest absolute Gasteiger partial charge is 0.255 e. The van der Waals surface area contributed by atoms with Crippen LogP contribution in [-0.4, -0.2) is 41.0 Å². The van der Waals surface area contributed by atoms with Gasteiger partial charge < -0.3 is 20.7 Å². The summed E-state index contributed by atoms with van der Waals surface area (Å²) in [5, 5.41) is 2.89. The maximum absolute atomic E-state index is 12.6. The normalized spacial score (nSPS) is 18.3. The molecule has 0 spiro atoms. The zero-order chi connectivity index (χ0) is 20.2. The number of hydrogen-bond acceptors (Lipinski definition) is 5. The molecule has 2 aliphatic rings. The lowest BCUT2D eigenvalue weighted by molar-refractivity contribution is -0.134. The summed E-state index contributed by atoms with van der Waals surface area (Å²) in [5.74, 6) is 0.0624. The Morgan fingerprint density at radius 3 is 2.86 bits per heavy atom. The Balaban J connectivity index is 1.43. The average molecular weight is 394 g/mol. The summed E-state index contributed by atoms with van der Waals surface area (Å²) in [6.45, 7) is 2.23. The molecule has 0 radical (unpaired) electrons. The van der Waals surface area contributed by atoms with Crippen LogP contribution >= 0.6 is 0 Å². The van der Waals surface area contributed by atoms with Gasteiger partial charge in [-0.3, -0.25) is 9.59 Å². The Hall–Kier alpha value is -2.93. The number of carbonyl (C=O) groups is 2. The van der Waals surface area contributed by atoms with E-state index in [0.717, 1.165) is 36.3 Å². The SMILES string of the molecule is Nc1nc2c(cc1C(=O)NCc1ccccc1)CN(C(=O)C[C@H]1CCCO1)CC2. The van der Waals surface area contributed by atoms with E-state index in [4.69, 9.17) is 10.5 Å². The molecular weight excluding hydrogens is 368 g/mol. The van der Waals surface area contributed by atoms with E-state index in [1.54, 1.807) is 6.07 Å². The number of amides is 2. The van der Waals surface area contributed by atoms with Gasteiger partial charge in [0.25, 0.3) is 5.91 Å². The van der Waals surface area contributed by atoms with Crippen molar-refractivity contribution in [2.45, 2.75) is 44.9 Å². The van der Waals surface area contributed by atoms with Crippen molar-refractivity contribution in [1.29, 1.82) is 0 Å². The highest BCUT2D eigenvalue weighted by Gasteiger charge is 2.27. The maximum atomic E-state index is 12.6. The van der Waals surface area contributed by atoms with E-state index in [2.05, 4.69) is 10.3 Å². The van der Waals surface area contributed by atoms with Crippen LogP contribution in [0.3, 0.4) is 0 Å². The highest BCUT2D eigenvalue weighted by atomic mass is 16.5. The molecule has 0 bridgehead atoms. The maximum Gasteiger partial charge on any atom is 0.255 e. The number of nitrogens with two attached hydrogens (primary N) is 1. The van der Waals surface area contributed by atoms with Crippen LogP contribution in [0.2, 0.25) is 0 Å². The second-order valence-corrected chi connectivity index (χ2v) is 7.60. The number of anilines is 1. The molecule has 2 aliphatic heterocycles. The zero-order valence-electron chi connectivity index (χ0n) is 16.4. The number of fused-ring (bicyclic) bond motifs is 1. The van der Waals surface area contributed by atoms with Crippen molar-refractivity contribution in [3.8, 4) is 0 Å². The van der Waals surface area contributed by atoms with E-state index in [0.29, 0.717) is 38.0 Å². The highest BCUT2D eigenvalue weighted by Crippen LogP contribution is 2.24. The monoisotopic (exact) mass is 394 g/mol. The average Bonchev–Trinajstić information content (AvgIpc) is 3.25. The molecule has 152 valence electrons. The number of hydrogen-bond donors (Lipinski definition) is 2. The van der Waals surface area contributed by atoms with Crippen LogP contribution < -0.4 is 11.1 Å². The van der Waals surface area contributed by atoms with Crippen LogP contribution in [0.25, 0.3) is 0 Å². The fourth-order valence-electron chi connectivity index (χ4n) is 3.89. The molecule has 1 aromatic heterocycles. The standard InChI is InChI=1S/C22H26N4O3/c23-21-18(22(28)24-13-15-5-2-1-3-6-15)11-16-14-26(9-8-19(16)25-21)20(27)12-17-7-4-10-29-17/h1-3,5-6,11,17H,4,7-10,12-14H2,(H2,23,25)(H,24,28)/t17-/m1/s1. The first-order chi connectivity index (χ1) is 14.1. The van der Waals surface area contributed by atoms with Gasteiger partial charge >= 0.3 is 0 Å². The van der Waals surface area contributed by atoms with Gasteiger partial charge in [0.1, 0.15) is 5.82 Å². The van der Waals surface area contributed by atoms with Crippen LogP contribution in [0.4, 0.5) is 5.82 Å². The summed E-state index contributed by atoms with van der Waals surface area (Å²) in [6, 6.07) is 11.5. The van der Waals surface area contributed by atoms with Gasteiger partial charge in [-0.15, -0.1) is 0 Å². The third kappa shape index (κ3) is 4.56. The predicted octanol–water partition coefficient (Wildman–Crippen LogP) is 2.05. The van der Waals surface area contributed by atoms with Crippen molar-refractivity contribution in [1.82, 2.24) is 15.2 Å². The molecule has 3 heterocycles. The number of nitrogen functional groups attached to an aromatic ring is 1. The van der Waals surface area contributed by atoms with Crippen molar-refractivity contribution in [3.05, 3.63) is 58.8 Å². The molecule has 1 fully saturated rings. The van der Waals surface area contributed by atoms with Crippen molar-refractivity contribution >= 4 is 17.6 Å². The topological polar surface area (TPSA) is 97.5 Å². The Labute approximate surface area is 170 Å². The second kappa shape index (κ2) is 8.61. The molecule has 1 aromatic carbocycles. The fourth-order valence-corrected chi connectivity index (χ4v) is 3.89. The molecule has 1 atom stereocenters. The van der Waals surface area contributed by atoms with Gasteiger partial charge in [0.2, 0.25) is 5.91 Å². The predicted molar refractivity (Wildman–Crippen MR) is 109 cm³/mol. The number of pyridine rings is 1. The highest BCUT2D eigenvalue weighted by molar-refractivity contribution is 5.98. The van der Waals surface area contributed by atoms with Crippen molar-refractivity contribution < 1.29 is 14.3 Å². The number of nitrogens with one attached hydrogen (secondary N) is 1. The molecular formula is C22H26N4O3. The quantitative estimate of drug-likeness (QED) is 0.809. The van der Waals surface area contributed by atoms with Gasteiger partial charge in [-0.2, -0.15) is 0 Å². The van der Waals surface area contributed by atoms with Crippen LogP contribution in [0.1, 0.15) is 46.4 Å². The van der Waals surface area contributed by atoms with E-state index >= 15 is 0 Å². The van der Waals surface area contributed by atoms with Crippen molar-refractivity contribution in [2.24, 2.45) is 0 Å². The minimum Gasteiger partial charge on any atom is -0.383 e. The largest absolute Gasteiger partial charge is 0.383 e. The van der Waals surface area contributed by atoms with E-state index in [-0.39, 0.29) is 23.7 Å². The van der Waals surface area contributed by atoms with Crippen molar-refractivity contribution in [2.75, 3.05) is 18.9 Å². The summed E-state index contributed by atoms with van der Waals surface area (Å²) >= 11 is 0. The number of rotatable bonds is 5. The van der Waals surface area contributed by atoms with Gasteiger partial charge in [0, 0.05) is 38.4 Å². The first-order valence-electron chi connectivity index (χ1n) is 10.1. The molecule has 29 heavy (non-hydrogen) atoms. The van der Waals surface area contributed by atoms with Gasteiger partial charge in [-0.05, 0) is 30.0 Å². The number of nitrogens with zero attached hydrogens (tertiary/aromatic N) is 2. The van der Waals surface area contributed by atoms with Crippen LogP contribution in [0, 0.1) is 0 Å². The lowest BCUT2D eigenvalue weighted by Crippen LogP contribution is -2.38. The minimum absolute atomic E-state index is 0.0350. The number of carbonyl (C=O) groups excluding carboxylic acids is 2. The summed E-state index contributed by atoms with van der Waals surface area (Å²) in [5.41, 5.74) is 9.16. The first-order valence-corrected chi connectivity index (χ1v) is 10.1. The lowest BCUT2D eigenvalue weighted by Gasteiger charge is -2.29. The molecule has 7 nitrogen and oxygen atoms in total. The van der Waals surface area contributed by atoms with Gasteiger partial charge in [0.05, 0.1) is 18.1 Å². The number of aromatic nitrogens is 1. The van der Waals surface area contributed by atoms with E-state index < -0.39 is 0 Å². The molecule has 3 N–H and O–H groups in total. The molecule has 0 aliphatic carbocycles. The third-order valence-corrected chi connectivity index (χ3v) is 5.52. The minimum atomic E-state index is -0.260. The van der Waals surface area contributed by atoms with Crippen LogP contribution in [0.15, 0.2) is 36.4 Å².